The Kier molecular flexibility index (Phi) is 8.66. The van der Waals surface area contributed by atoms with Crippen LogP contribution in [0.2, 0.25) is 0 Å². The van der Waals surface area contributed by atoms with Crippen LogP contribution in [0.25, 0.3) is 0 Å². The molecule has 3 rings (SSSR count). The molecule has 0 amide bonds. The highest BCUT2D eigenvalue weighted by Crippen LogP contribution is 2.35. The molecule has 0 fully saturated rings. The average molecular weight is 497 g/mol. The minimum atomic E-state index is -0.824. The molecule has 7 nitrogen and oxygen atoms in total. The van der Waals surface area contributed by atoms with E-state index in [9.17, 15) is 9.59 Å². The maximum Gasteiger partial charge on any atom is 0.347 e. The monoisotopic (exact) mass is 496 g/mol. The van der Waals surface area contributed by atoms with Crippen LogP contribution in [0.4, 0.5) is 4.39 Å². The lowest BCUT2D eigenvalue weighted by molar-refractivity contribution is -0.0126. The largest absolute Gasteiger partial charge is 0.496 e. The summed E-state index contributed by atoms with van der Waals surface area (Å²) in [5, 5.41) is 0. The zero-order valence-electron chi connectivity index (χ0n) is 21.2. The summed E-state index contributed by atoms with van der Waals surface area (Å²) in [6.07, 6.45) is 0. The van der Waals surface area contributed by atoms with Gasteiger partial charge in [-0.25, -0.2) is 14.0 Å². The van der Waals surface area contributed by atoms with Crippen LogP contribution in [-0.2, 0) is 16.1 Å². The van der Waals surface area contributed by atoms with Gasteiger partial charge in [0.05, 0.1) is 12.7 Å². The molecule has 0 unspecified atom stereocenters. The van der Waals surface area contributed by atoms with E-state index in [1.54, 1.807) is 32.9 Å². The normalized spacial score (nSPS) is 10.6. The maximum atomic E-state index is 15.3. The van der Waals surface area contributed by atoms with Gasteiger partial charge in [-0.1, -0.05) is 30.3 Å². The molecule has 0 saturated heterocycles. The lowest BCUT2D eigenvalue weighted by atomic mass is 9.96. The highest BCUT2D eigenvalue weighted by Gasteiger charge is 2.27. The molecule has 0 aliphatic heterocycles. The lowest BCUT2D eigenvalue weighted by Crippen LogP contribution is -2.17. The van der Waals surface area contributed by atoms with E-state index < -0.39 is 17.8 Å². The van der Waals surface area contributed by atoms with Crippen LogP contribution in [0.1, 0.15) is 48.5 Å². The van der Waals surface area contributed by atoms with Gasteiger partial charge in [-0.15, -0.1) is 0 Å². The molecule has 0 aromatic heterocycles. The SMILES string of the molecule is COCOC(=O)c1c(C)c(C)c(OC(=O)c2c(C)cc(OCc3ccccc3)cc2OC)c(F)c1C. The Labute approximate surface area is 209 Å². The second-order valence-corrected chi connectivity index (χ2v) is 8.21. The molecular formula is C28H29FO7. The van der Waals surface area contributed by atoms with Crippen molar-refractivity contribution in [3.05, 3.63) is 87.2 Å². The summed E-state index contributed by atoms with van der Waals surface area (Å²) >= 11 is 0. The number of halogens is 1. The van der Waals surface area contributed by atoms with Crippen LogP contribution >= 0.6 is 0 Å². The van der Waals surface area contributed by atoms with E-state index in [1.165, 1.54) is 21.1 Å². The molecule has 190 valence electrons. The number of hydrogen-bond acceptors (Lipinski definition) is 7. The fourth-order valence-electron chi connectivity index (χ4n) is 3.81. The molecule has 0 atom stereocenters. The first-order valence-electron chi connectivity index (χ1n) is 11.2. The van der Waals surface area contributed by atoms with Crippen LogP contribution in [0, 0.1) is 33.5 Å². The summed E-state index contributed by atoms with van der Waals surface area (Å²) in [7, 11) is 2.80. The molecule has 0 radical (unpaired) electrons. The average Bonchev–Trinajstić information content (AvgIpc) is 2.87. The van der Waals surface area contributed by atoms with Crippen molar-refractivity contribution in [2.24, 2.45) is 0 Å². The summed E-state index contributed by atoms with van der Waals surface area (Å²) in [6, 6.07) is 12.9. The Hall–Kier alpha value is -3.91. The van der Waals surface area contributed by atoms with Gasteiger partial charge in [-0.05, 0) is 56.0 Å². The standard InChI is InChI=1S/C28H29FO7/c1-16-12-21(34-14-20-10-8-7-9-11-20)13-22(33-6)23(16)28(31)36-26-18(3)17(2)24(19(4)25(26)29)27(30)35-15-32-5/h7-13H,14-15H2,1-6H3. The second kappa shape index (κ2) is 11.7. The van der Waals surface area contributed by atoms with Gasteiger partial charge < -0.3 is 23.7 Å². The fourth-order valence-corrected chi connectivity index (χ4v) is 3.81. The minimum absolute atomic E-state index is 0.00958. The van der Waals surface area contributed by atoms with Gasteiger partial charge in [0, 0.05) is 18.7 Å². The molecule has 0 saturated carbocycles. The van der Waals surface area contributed by atoms with Crippen molar-refractivity contribution >= 4 is 11.9 Å². The maximum absolute atomic E-state index is 15.3. The third-order valence-corrected chi connectivity index (χ3v) is 5.83. The summed E-state index contributed by atoms with van der Waals surface area (Å²) < 4.78 is 41.8. The van der Waals surface area contributed by atoms with Gasteiger partial charge in [-0.3, -0.25) is 0 Å². The van der Waals surface area contributed by atoms with E-state index in [0.29, 0.717) is 29.0 Å². The van der Waals surface area contributed by atoms with Crippen LogP contribution in [0.5, 0.6) is 17.2 Å². The molecule has 0 aliphatic rings. The van der Waals surface area contributed by atoms with Crippen molar-refractivity contribution in [3.8, 4) is 17.2 Å². The van der Waals surface area contributed by atoms with E-state index in [1.807, 2.05) is 30.3 Å². The summed E-state index contributed by atoms with van der Waals surface area (Å²) in [5.41, 5.74) is 2.48. The number of ether oxygens (including phenoxy) is 5. The lowest BCUT2D eigenvalue weighted by Gasteiger charge is -2.18. The van der Waals surface area contributed by atoms with E-state index in [2.05, 4.69) is 0 Å². The van der Waals surface area contributed by atoms with Crippen molar-refractivity contribution in [3.63, 3.8) is 0 Å². The quantitative estimate of drug-likeness (QED) is 0.216. The Morgan fingerprint density at radius 1 is 0.861 bits per heavy atom. The second-order valence-electron chi connectivity index (χ2n) is 8.21. The first kappa shape index (κ1) is 26.7. The first-order chi connectivity index (χ1) is 17.2. The van der Waals surface area contributed by atoms with E-state index in [0.717, 1.165) is 5.56 Å². The van der Waals surface area contributed by atoms with Crippen LogP contribution in [-0.4, -0.2) is 33.0 Å². The van der Waals surface area contributed by atoms with Gasteiger partial charge >= 0.3 is 11.9 Å². The molecule has 8 heteroatoms. The third kappa shape index (κ3) is 5.66. The number of esters is 2. The fraction of sp³-hybridized carbons (Fsp3) is 0.286. The van der Waals surface area contributed by atoms with E-state index in [4.69, 9.17) is 23.7 Å². The van der Waals surface area contributed by atoms with E-state index in [-0.39, 0.29) is 35.0 Å². The first-order valence-corrected chi connectivity index (χ1v) is 11.2. The highest BCUT2D eigenvalue weighted by atomic mass is 19.1. The molecule has 3 aromatic rings. The number of carbonyl (C=O) groups is 2. The molecule has 0 spiro atoms. The van der Waals surface area contributed by atoms with E-state index >= 15 is 4.39 Å². The number of methoxy groups -OCH3 is 2. The zero-order chi connectivity index (χ0) is 26.4. The Morgan fingerprint density at radius 2 is 1.56 bits per heavy atom. The van der Waals surface area contributed by atoms with Crippen molar-refractivity contribution in [1.29, 1.82) is 0 Å². The topological polar surface area (TPSA) is 80.3 Å². The summed E-state index contributed by atoms with van der Waals surface area (Å²) in [5.74, 6) is -1.86. The summed E-state index contributed by atoms with van der Waals surface area (Å²) in [4.78, 5) is 25.6. The van der Waals surface area contributed by atoms with Gasteiger partial charge in [0.15, 0.2) is 18.4 Å². The predicted molar refractivity (Wildman–Crippen MR) is 131 cm³/mol. The number of benzene rings is 3. The van der Waals surface area contributed by atoms with Gasteiger partial charge in [0.25, 0.3) is 0 Å². The number of aryl methyl sites for hydroxylation is 1. The highest BCUT2D eigenvalue weighted by molar-refractivity contribution is 5.97. The molecule has 36 heavy (non-hydrogen) atoms. The number of carbonyl (C=O) groups excluding carboxylic acids is 2. The number of hydrogen-bond donors (Lipinski definition) is 0. The van der Waals surface area contributed by atoms with Crippen molar-refractivity contribution in [2.45, 2.75) is 34.3 Å². The molecular weight excluding hydrogens is 467 g/mol. The van der Waals surface area contributed by atoms with Crippen LogP contribution < -0.4 is 14.2 Å². The van der Waals surface area contributed by atoms with Crippen molar-refractivity contribution in [2.75, 3.05) is 21.0 Å². The smallest absolute Gasteiger partial charge is 0.347 e. The van der Waals surface area contributed by atoms with Crippen molar-refractivity contribution < 1.29 is 37.7 Å². The van der Waals surface area contributed by atoms with Gasteiger partial charge in [0.1, 0.15) is 23.7 Å². The molecule has 3 aromatic carbocycles. The Morgan fingerprint density at radius 3 is 2.19 bits per heavy atom. The van der Waals surface area contributed by atoms with Crippen molar-refractivity contribution in [1.82, 2.24) is 0 Å². The third-order valence-electron chi connectivity index (χ3n) is 5.83. The minimum Gasteiger partial charge on any atom is -0.496 e. The molecule has 0 bridgehead atoms. The van der Waals surface area contributed by atoms with Gasteiger partial charge in [0.2, 0.25) is 0 Å². The summed E-state index contributed by atoms with van der Waals surface area (Å²) in [6.45, 7) is 6.41. The number of rotatable bonds is 9. The molecule has 0 aliphatic carbocycles. The Bertz CT molecular complexity index is 1240. The zero-order valence-corrected chi connectivity index (χ0v) is 21.2. The van der Waals surface area contributed by atoms with Crippen LogP contribution in [0.3, 0.4) is 0 Å². The predicted octanol–water partition coefficient (Wildman–Crippen LogP) is 5.63. The van der Waals surface area contributed by atoms with Crippen LogP contribution in [0.15, 0.2) is 42.5 Å². The van der Waals surface area contributed by atoms with Gasteiger partial charge in [-0.2, -0.15) is 0 Å². The Balaban J connectivity index is 1.90. The molecule has 0 heterocycles. The molecule has 0 N–H and O–H groups in total.